The van der Waals surface area contributed by atoms with E-state index in [-0.39, 0.29) is 0 Å². The summed E-state index contributed by atoms with van der Waals surface area (Å²) in [5.74, 6) is 1.18. The van der Waals surface area contributed by atoms with Crippen LogP contribution in [0.1, 0.15) is 13.8 Å². The van der Waals surface area contributed by atoms with Crippen LogP contribution < -0.4 is 0 Å². The molecule has 0 fully saturated rings. The summed E-state index contributed by atoms with van der Waals surface area (Å²) in [6.07, 6.45) is 1.86. The minimum atomic E-state index is 0.485. The molecule has 33 heavy (non-hydrogen) atoms. The van der Waals surface area contributed by atoms with Crippen LogP contribution in [-0.2, 0) is 13.6 Å². The average Bonchev–Trinajstić information content (AvgIpc) is 3.34. The molecule has 0 aliphatic rings. The van der Waals surface area contributed by atoms with Crippen molar-refractivity contribution in [3.63, 3.8) is 0 Å². The van der Waals surface area contributed by atoms with Gasteiger partial charge in [-0.15, -0.1) is 0 Å². The predicted octanol–water partition coefficient (Wildman–Crippen LogP) is 7.13. The lowest BCUT2D eigenvalue weighted by Gasteiger charge is -2.11. The lowest BCUT2D eigenvalue weighted by atomic mass is 10.1. The van der Waals surface area contributed by atoms with Crippen LogP contribution in [0.3, 0.4) is 0 Å². The molecule has 3 aromatic heterocycles. The third-order valence-corrected chi connectivity index (χ3v) is 6.23. The maximum absolute atomic E-state index is 6.56. The van der Waals surface area contributed by atoms with Gasteiger partial charge in [0.1, 0.15) is 11.3 Å². The Hall–Kier alpha value is -3.15. The molecule has 0 aliphatic heterocycles. The fraction of sp³-hybridized carbons (Fsp3) is 0.192. The van der Waals surface area contributed by atoms with Gasteiger partial charge in [0.05, 0.1) is 39.0 Å². The second-order valence-electron chi connectivity index (χ2n) is 8.48. The van der Waals surface area contributed by atoms with Gasteiger partial charge in [-0.3, -0.25) is 0 Å². The number of hydrogen-bond donors (Lipinski definition) is 0. The quantitative estimate of drug-likeness (QED) is 0.271. The van der Waals surface area contributed by atoms with E-state index in [1.54, 1.807) is 0 Å². The number of imidazole rings is 2. The van der Waals surface area contributed by atoms with E-state index in [9.17, 15) is 0 Å². The van der Waals surface area contributed by atoms with Gasteiger partial charge < -0.3 is 9.13 Å². The predicted molar refractivity (Wildman–Crippen MR) is 135 cm³/mol. The summed E-state index contributed by atoms with van der Waals surface area (Å²) >= 11 is 13.1. The van der Waals surface area contributed by atoms with Crippen molar-refractivity contribution < 1.29 is 0 Å². The third-order valence-electron chi connectivity index (χ3n) is 5.60. The molecule has 0 aliphatic carbocycles. The molecule has 2 aromatic carbocycles. The minimum Gasteiger partial charge on any atom is -0.325 e. The molecule has 0 saturated heterocycles. The third kappa shape index (κ3) is 3.92. The molecule has 0 radical (unpaired) electrons. The van der Waals surface area contributed by atoms with Gasteiger partial charge >= 0.3 is 0 Å². The Morgan fingerprint density at radius 1 is 0.879 bits per heavy atom. The molecule has 0 amide bonds. The molecular formula is C26H23Cl2N5. The highest BCUT2D eigenvalue weighted by atomic mass is 35.5. The summed E-state index contributed by atoms with van der Waals surface area (Å²) in [6.45, 7) is 5.22. The Morgan fingerprint density at radius 3 is 2.30 bits per heavy atom. The van der Waals surface area contributed by atoms with Gasteiger partial charge in [-0.05, 0) is 30.2 Å². The van der Waals surface area contributed by atoms with Crippen molar-refractivity contribution in [1.82, 2.24) is 24.1 Å². The fourth-order valence-corrected chi connectivity index (χ4v) is 4.69. The molecule has 0 N–H and O–H groups in total. The molecule has 166 valence electrons. The van der Waals surface area contributed by atoms with Gasteiger partial charge in [0.15, 0.2) is 5.65 Å². The Balaban J connectivity index is 1.77. The Bertz CT molecular complexity index is 1430. The van der Waals surface area contributed by atoms with E-state index >= 15 is 0 Å². The molecule has 0 saturated carbocycles. The number of nitrogens with zero attached hydrogens (tertiary/aromatic N) is 5. The van der Waals surface area contributed by atoms with E-state index in [4.69, 9.17) is 33.2 Å². The van der Waals surface area contributed by atoms with Crippen molar-refractivity contribution in [2.24, 2.45) is 13.0 Å². The lowest BCUT2D eigenvalue weighted by molar-refractivity contribution is 0.530. The SMILES string of the molecule is CC(C)Cn1cnc2ccc(-c3c(-c4ccccc4)nc(-c4c(Cl)cccc4Cl)n3C)nc21. The number of fused-ring (bicyclic) bond motifs is 1. The van der Waals surface area contributed by atoms with E-state index in [1.165, 1.54) is 0 Å². The molecule has 0 unspecified atom stereocenters. The van der Waals surface area contributed by atoms with E-state index in [1.807, 2.05) is 78.6 Å². The Morgan fingerprint density at radius 2 is 1.61 bits per heavy atom. The monoisotopic (exact) mass is 475 g/mol. The van der Waals surface area contributed by atoms with Gasteiger partial charge in [0.25, 0.3) is 0 Å². The van der Waals surface area contributed by atoms with Crippen LogP contribution in [0.4, 0.5) is 0 Å². The van der Waals surface area contributed by atoms with Crippen LogP contribution >= 0.6 is 23.2 Å². The molecule has 5 nitrogen and oxygen atoms in total. The van der Waals surface area contributed by atoms with Gasteiger partial charge in [0.2, 0.25) is 0 Å². The smallest absolute Gasteiger partial charge is 0.160 e. The topological polar surface area (TPSA) is 48.5 Å². The number of rotatable bonds is 5. The number of aromatic nitrogens is 5. The molecule has 0 bridgehead atoms. The molecule has 7 heteroatoms. The zero-order chi connectivity index (χ0) is 23.1. The van der Waals surface area contributed by atoms with Crippen LogP contribution in [0.25, 0.3) is 45.2 Å². The van der Waals surface area contributed by atoms with Crippen molar-refractivity contribution in [3.05, 3.63) is 77.0 Å². The maximum atomic E-state index is 6.56. The number of halogens is 2. The first-order valence-corrected chi connectivity index (χ1v) is 11.6. The Kier molecular flexibility index (Phi) is 5.69. The van der Waals surface area contributed by atoms with Crippen LogP contribution in [0.15, 0.2) is 67.0 Å². The number of benzene rings is 2. The molecular weight excluding hydrogens is 453 g/mol. The van der Waals surface area contributed by atoms with Crippen molar-refractivity contribution in [2.75, 3.05) is 0 Å². The molecule has 0 spiro atoms. The lowest BCUT2D eigenvalue weighted by Crippen LogP contribution is -2.04. The normalized spacial score (nSPS) is 11.6. The number of pyridine rings is 1. The molecule has 5 rings (SSSR count). The first kappa shape index (κ1) is 21.7. The van der Waals surface area contributed by atoms with Gasteiger partial charge in [-0.2, -0.15) is 0 Å². The van der Waals surface area contributed by atoms with E-state index < -0.39 is 0 Å². The van der Waals surface area contributed by atoms with Gasteiger partial charge in [0, 0.05) is 19.2 Å². The first-order valence-electron chi connectivity index (χ1n) is 10.8. The van der Waals surface area contributed by atoms with E-state index in [2.05, 4.69) is 23.4 Å². The largest absolute Gasteiger partial charge is 0.325 e. The summed E-state index contributed by atoms with van der Waals surface area (Å²) in [4.78, 5) is 14.6. The highest BCUT2D eigenvalue weighted by Gasteiger charge is 2.23. The van der Waals surface area contributed by atoms with Crippen molar-refractivity contribution >= 4 is 34.4 Å². The molecule has 0 atom stereocenters. The van der Waals surface area contributed by atoms with Gasteiger partial charge in [-0.25, -0.2) is 15.0 Å². The van der Waals surface area contributed by atoms with Gasteiger partial charge in [-0.1, -0.05) is 73.4 Å². The van der Waals surface area contributed by atoms with E-state index in [0.29, 0.717) is 27.4 Å². The standard InChI is InChI=1S/C26H23Cl2N5/c1-16(2)14-33-15-29-21-13-12-20(30-25(21)33)24-23(17-8-5-4-6-9-17)31-26(32(24)3)22-18(27)10-7-11-19(22)28/h4-13,15-16H,14H2,1-3H3. The molecule has 3 heterocycles. The molecule has 5 aromatic rings. The van der Waals surface area contributed by atoms with Crippen molar-refractivity contribution in [1.29, 1.82) is 0 Å². The number of hydrogen-bond acceptors (Lipinski definition) is 3. The van der Waals surface area contributed by atoms with Crippen LogP contribution in [0, 0.1) is 5.92 Å². The van der Waals surface area contributed by atoms with Crippen LogP contribution in [0.5, 0.6) is 0 Å². The second-order valence-corrected chi connectivity index (χ2v) is 9.30. The Labute approximate surface area is 202 Å². The minimum absolute atomic E-state index is 0.485. The fourth-order valence-electron chi connectivity index (χ4n) is 4.12. The highest BCUT2D eigenvalue weighted by Crippen LogP contribution is 2.39. The maximum Gasteiger partial charge on any atom is 0.160 e. The summed E-state index contributed by atoms with van der Waals surface area (Å²) in [5, 5.41) is 1.11. The summed E-state index contributed by atoms with van der Waals surface area (Å²) in [6, 6.07) is 19.6. The van der Waals surface area contributed by atoms with Crippen molar-refractivity contribution in [2.45, 2.75) is 20.4 Å². The summed E-state index contributed by atoms with van der Waals surface area (Å²) < 4.78 is 4.13. The summed E-state index contributed by atoms with van der Waals surface area (Å²) in [5.41, 5.74) is 5.97. The van der Waals surface area contributed by atoms with Crippen LogP contribution in [-0.4, -0.2) is 24.1 Å². The van der Waals surface area contributed by atoms with E-state index in [0.717, 1.165) is 40.4 Å². The second kappa shape index (κ2) is 8.65. The van der Waals surface area contributed by atoms with Crippen LogP contribution in [0.2, 0.25) is 10.0 Å². The average molecular weight is 476 g/mol. The highest BCUT2D eigenvalue weighted by molar-refractivity contribution is 6.39. The van der Waals surface area contributed by atoms with Crippen molar-refractivity contribution in [3.8, 4) is 34.0 Å². The summed E-state index contributed by atoms with van der Waals surface area (Å²) in [7, 11) is 1.97. The zero-order valence-corrected chi connectivity index (χ0v) is 20.1. The first-order chi connectivity index (χ1) is 15.9. The zero-order valence-electron chi connectivity index (χ0n) is 18.6.